The number of fused-ring (bicyclic) bond motifs is 3. The van der Waals surface area contributed by atoms with Crippen molar-refractivity contribution in [2.45, 2.75) is 26.4 Å². The molecule has 0 saturated heterocycles. The molecule has 1 aliphatic rings. The van der Waals surface area contributed by atoms with Crippen LogP contribution in [0.25, 0.3) is 5.69 Å². The van der Waals surface area contributed by atoms with Crippen LogP contribution in [0.4, 0.5) is 0 Å². The van der Waals surface area contributed by atoms with Crippen molar-refractivity contribution in [1.29, 1.82) is 0 Å². The predicted octanol–water partition coefficient (Wildman–Crippen LogP) is 3.07. The van der Waals surface area contributed by atoms with Crippen LogP contribution in [0.5, 0.6) is 0 Å². The fraction of sp³-hybridized carbons (Fsp3) is 0.294. The summed E-state index contributed by atoms with van der Waals surface area (Å²) in [6.45, 7) is 4.81. The molecule has 1 aromatic carbocycles. The van der Waals surface area contributed by atoms with Crippen LogP contribution in [0.3, 0.4) is 0 Å². The third-order valence-corrected chi connectivity index (χ3v) is 4.85. The SMILES string of the molecule is Cc1c2c(cn1C)-n1c(C)nnc1CNC2c1ccc(Cl)cc1. The van der Waals surface area contributed by atoms with Gasteiger partial charge in [0.15, 0.2) is 5.82 Å². The molecule has 0 amide bonds. The van der Waals surface area contributed by atoms with Crippen LogP contribution in [0, 0.1) is 13.8 Å². The van der Waals surface area contributed by atoms with Crippen molar-refractivity contribution in [2.24, 2.45) is 7.05 Å². The molecule has 5 nitrogen and oxygen atoms in total. The molecule has 1 unspecified atom stereocenters. The van der Waals surface area contributed by atoms with E-state index in [1.54, 1.807) is 0 Å². The van der Waals surface area contributed by atoms with E-state index in [1.165, 1.54) is 16.8 Å². The summed E-state index contributed by atoms with van der Waals surface area (Å²) in [5.74, 6) is 1.84. The molecule has 0 bridgehead atoms. The van der Waals surface area contributed by atoms with Crippen molar-refractivity contribution in [3.63, 3.8) is 0 Å². The number of hydrogen-bond donors (Lipinski definition) is 1. The Bertz CT molecular complexity index is 875. The molecule has 118 valence electrons. The summed E-state index contributed by atoms with van der Waals surface area (Å²) in [5, 5.41) is 12.9. The molecule has 3 aromatic rings. The largest absolute Gasteiger partial charge is 0.352 e. The van der Waals surface area contributed by atoms with Gasteiger partial charge in [0, 0.05) is 29.5 Å². The summed E-state index contributed by atoms with van der Waals surface area (Å²) in [4.78, 5) is 0. The van der Waals surface area contributed by atoms with Gasteiger partial charge in [-0.25, -0.2) is 0 Å². The molecule has 3 heterocycles. The van der Waals surface area contributed by atoms with Gasteiger partial charge in [-0.2, -0.15) is 0 Å². The molecule has 1 N–H and O–H groups in total. The summed E-state index contributed by atoms with van der Waals surface area (Å²) in [5.41, 5.74) is 4.83. The van der Waals surface area contributed by atoms with Crippen molar-refractivity contribution in [1.82, 2.24) is 24.6 Å². The second-order valence-corrected chi connectivity index (χ2v) is 6.43. The molecule has 1 atom stereocenters. The molecule has 23 heavy (non-hydrogen) atoms. The standard InChI is InChI=1S/C17H18ClN5/c1-10-16-14(9-22(10)3)23-11(2)20-21-15(23)8-19-17(16)12-4-6-13(18)7-5-12/h4-7,9,17,19H,8H2,1-3H3. The topological polar surface area (TPSA) is 47.7 Å². The van der Waals surface area contributed by atoms with Crippen LogP contribution < -0.4 is 5.32 Å². The van der Waals surface area contributed by atoms with E-state index in [1.807, 2.05) is 19.1 Å². The van der Waals surface area contributed by atoms with Gasteiger partial charge in [0.1, 0.15) is 5.82 Å². The smallest absolute Gasteiger partial charge is 0.151 e. The van der Waals surface area contributed by atoms with E-state index < -0.39 is 0 Å². The lowest BCUT2D eigenvalue weighted by Crippen LogP contribution is -2.21. The highest BCUT2D eigenvalue weighted by atomic mass is 35.5. The molecule has 0 saturated carbocycles. The minimum atomic E-state index is 0.101. The van der Waals surface area contributed by atoms with E-state index in [2.05, 4.69) is 56.9 Å². The molecule has 2 aromatic heterocycles. The van der Waals surface area contributed by atoms with Crippen LogP contribution in [0.15, 0.2) is 30.5 Å². The normalized spacial score (nSPS) is 16.8. The summed E-state index contributed by atoms with van der Waals surface area (Å²) >= 11 is 6.05. The number of rotatable bonds is 1. The minimum absolute atomic E-state index is 0.101. The van der Waals surface area contributed by atoms with Crippen molar-refractivity contribution >= 4 is 11.6 Å². The van der Waals surface area contributed by atoms with Crippen LogP contribution in [-0.4, -0.2) is 19.3 Å². The molecule has 6 heteroatoms. The van der Waals surface area contributed by atoms with Crippen molar-refractivity contribution in [3.05, 3.63) is 64.0 Å². The van der Waals surface area contributed by atoms with E-state index in [0.29, 0.717) is 6.54 Å². The minimum Gasteiger partial charge on any atom is -0.352 e. The van der Waals surface area contributed by atoms with Crippen LogP contribution in [0.1, 0.15) is 34.5 Å². The fourth-order valence-corrected chi connectivity index (χ4v) is 3.46. The molecular formula is C17H18ClN5. The second kappa shape index (κ2) is 5.22. The van der Waals surface area contributed by atoms with Gasteiger partial charge in [-0.3, -0.25) is 9.88 Å². The maximum absolute atomic E-state index is 6.05. The van der Waals surface area contributed by atoms with Gasteiger partial charge >= 0.3 is 0 Å². The number of aromatic nitrogens is 4. The average molecular weight is 328 g/mol. The molecule has 0 radical (unpaired) electrons. The van der Waals surface area contributed by atoms with Crippen molar-refractivity contribution < 1.29 is 0 Å². The Morgan fingerprint density at radius 2 is 1.91 bits per heavy atom. The lowest BCUT2D eigenvalue weighted by Gasteiger charge is -2.19. The third kappa shape index (κ3) is 2.19. The molecular weight excluding hydrogens is 310 g/mol. The second-order valence-electron chi connectivity index (χ2n) is 5.99. The maximum Gasteiger partial charge on any atom is 0.151 e. The Hall–Kier alpha value is -2.11. The summed E-state index contributed by atoms with van der Waals surface area (Å²) in [6.07, 6.45) is 2.15. The van der Waals surface area contributed by atoms with E-state index in [-0.39, 0.29) is 6.04 Å². The van der Waals surface area contributed by atoms with Gasteiger partial charge < -0.3 is 4.57 Å². The van der Waals surface area contributed by atoms with Gasteiger partial charge in [0.25, 0.3) is 0 Å². The summed E-state index contributed by atoms with van der Waals surface area (Å²) in [7, 11) is 2.07. The quantitative estimate of drug-likeness (QED) is 0.747. The van der Waals surface area contributed by atoms with Crippen molar-refractivity contribution in [3.8, 4) is 5.69 Å². The van der Waals surface area contributed by atoms with Gasteiger partial charge in [-0.05, 0) is 31.5 Å². The first-order valence-electron chi connectivity index (χ1n) is 7.62. The molecule has 1 aliphatic heterocycles. The number of halogens is 1. The van der Waals surface area contributed by atoms with Crippen molar-refractivity contribution in [2.75, 3.05) is 0 Å². The number of nitrogens with zero attached hydrogens (tertiary/aromatic N) is 4. The van der Waals surface area contributed by atoms with Crippen LogP contribution >= 0.6 is 11.6 Å². The Labute approximate surface area is 139 Å². The number of nitrogens with one attached hydrogen (secondary N) is 1. The Morgan fingerprint density at radius 3 is 2.65 bits per heavy atom. The Morgan fingerprint density at radius 1 is 1.17 bits per heavy atom. The zero-order valence-corrected chi connectivity index (χ0v) is 14.1. The molecule has 0 fully saturated rings. The molecule has 4 rings (SSSR count). The van der Waals surface area contributed by atoms with E-state index in [4.69, 9.17) is 11.6 Å². The summed E-state index contributed by atoms with van der Waals surface area (Å²) in [6, 6.07) is 8.13. The predicted molar refractivity (Wildman–Crippen MR) is 89.9 cm³/mol. The number of aryl methyl sites for hydroxylation is 2. The van der Waals surface area contributed by atoms with Gasteiger partial charge in [0.2, 0.25) is 0 Å². The first-order chi connectivity index (χ1) is 11.1. The zero-order valence-electron chi connectivity index (χ0n) is 13.3. The highest BCUT2D eigenvalue weighted by Crippen LogP contribution is 2.35. The first kappa shape index (κ1) is 14.5. The van der Waals surface area contributed by atoms with Gasteiger partial charge in [0.05, 0.1) is 18.3 Å². The first-order valence-corrected chi connectivity index (χ1v) is 8.00. The van der Waals surface area contributed by atoms with Crippen LogP contribution in [0.2, 0.25) is 5.02 Å². The maximum atomic E-state index is 6.05. The lowest BCUT2D eigenvalue weighted by atomic mass is 9.98. The fourth-order valence-electron chi connectivity index (χ4n) is 3.33. The monoisotopic (exact) mass is 327 g/mol. The Balaban J connectivity index is 1.95. The summed E-state index contributed by atoms with van der Waals surface area (Å²) < 4.78 is 4.30. The van der Waals surface area contributed by atoms with Gasteiger partial charge in [-0.15, -0.1) is 10.2 Å². The van der Waals surface area contributed by atoms with E-state index in [0.717, 1.165) is 22.4 Å². The van der Waals surface area contributed by atoms with E-state index in [9.17, 15) is 0 Å². The molecule has 0 aliphatic carbocycles. The highest BCUT2D eigenvalue weighted by molar-refractivity contribution is 6.30. The lowest BCUT2D eigenvalue weighted by molar-refractivity contribution is 0.593. The Kier molecular flexibility index (Phi) is 3.28. The van der Waals surface area contributed by atoms with Crippen LogP contribution in [-0.2, 0) is 13.6 Å². The molecule has 0 spiro atoms. The zero-order chi connectivity index (χ0) is 16.1. The highest BCUT2D eigenvalue weighted by Gasteiger charge is 2.28. The van der Waals surface area contributed by atoms with E-state index >= 15 is 0 Å². The number of hydrogen-bond acceptors (Lipinski definition) is 3. The average Bonchev–Trinajstić information content (AvgIpc) is 2.97. The van der Waals surface area contributed by atoms with Gasteiger partial charge in [-0.1, -0.05) is 23.7 Å². The third-order valence-electron chi connectivity index (χ3n) is 4.60. The number of benzene rings is 1.